The smallest absolute Gasteiger partial charge is 0.201 e. The molecule has 1 aromatic carbocycles. The van der Waals surface area contributed by atoms with E-state index in [-0.39, 0.29) is 0 Å². The Morgan fingerprint density at radius 2 is 2.21 bits per heavy atom. The topological polar surface area (TPSA) is 53.1 Å². The third-order valence-corrected chi connectivity index (χ3v) is 3.17. The average molecular weight is 282 g/mol. The first-order chi connectivity index (χ1) is 9.09. The monoisotopic (exact) mass is 281 g/mol. The number of para-hydroxylation sites is 1. The number of nitrogens with two attached hydrogens (primary N) is 1. The fraction of sp³-hybridized carbons (Fsp3) is 0.500. The van der Waals surface area contributed by atoms with Crippen molar-refractivity contribution in [3.05, 3.63) is 23.2 Å². The lowest BCUT2D eigenvalue weighted by atomic mass is 10.2. The van der Waals surface area contributed by atoms with Crippen molar-refractivity contribution in [2.45, 2.75) is 26.8 Å². The summed E-state index contributed by atoms with van der Waals surface area (Å²) in [6.07, 6.45) is 0.896. The van der Waals surface area contributed by atoms with Gasteiger partial charge in [0.25, 0.3) is 0 Å². The van der Waals surface area contributed by atoms with Gasteiger partial charge in [0.05, 0.1) is 16.1 Å². The molecule has 0 saturated carbocycles. The molecule has 2 aromatic rings. The molecule has 0 spiro atoms. The molecule has 0 aliphatic rings. The van der Waals surface area contributed by atoms with Crippen LogP contribution in [0, 0.1) is 5.92 Å². The van der Waals surface area contributed by atoms with Gasteiger partial charge < -0.3 is 15.0 Å². The fourth-order valence-electron chi connectivity index (χ4n) is 2.03. The number of hydrogen-bond donors (Lipinski definition) is 1. The highest BCUT2D eigenvalue weighted by atomic mass is 35.5. The molecule has 0 fully saturated rings. The van der Waals surface area contributed by atoms with E-state index < -0.39 is 0 Å². The number of benzene rings is 1. The summed E-state index contributed by atoms with van der Waals surface area (Å²) in [4.78, 5) is 4.32. The van der Waals surface area contributed by atoms with E-state index >= 15 is 0 Å². The lowest BCUT2D eigenvalue weighted by molar-refractivity contribution is 0.105. The highest BCUT2D eigenvalue weighted by molar-refractivity contribution is 6.35. The number of rotatable bonds is 6. The van der Waals surface area contributed by atoms with Crippen LogP contribution < -0.4 is 5.73 Å². The van der Waals surface area contributed by atoms with Crippen LogP contribution >= 0.6 is 11.6 Å². The molecule has 0 atom stereocenters. The first-order valence-electron chi connectivity index (χ1n) is 6.57. The molecule has 0 bridgehead atoms. The number of hydrogen-bond acceptors (Lipinski definition) is 3. The van der Waals surface area contributed by atoms with Crippen LogP contribution in [0.5, 0.6) is 0 Å². The quantitative estimate of drug-likeness (QED) is 0.826. The van der Waals surface area contributed by atoms with Gasteiger partial charge in [0.15, 0.2) is 0 Å². The van der Waals surface area contributed by atoms with Crippen molar-refractivity contribution < 1.29 is 4.74 Å². The predicted octanol–water partition coefficient (Wildman–Crippen LogP) is 3.33. The summed E-state index contributed by atoms with van der Waals surface area (Å²) in [5.74, 6) is 1.07. The Morgan fingerprint density at radius 3 is 2.95 bits per heavy atom. The molecule has 19 heavy (non-hydrogen) atoms. The zero-order valence-corrected chi connectivity index (χ0v) is 12.2. The second kappa shape index (κ2) is 6.26. The van der Waals surface area contributed by atoms with E-state index in [0.29, 0.717) is 16.9 Å². The van der Waals surface area contributed by atoms with Crippen molar-refractivity contribution in [3.8, 4) is 0 Å². The third kappa shape index (κ3) is 3.39. The number of nitrogens with zero attached hydrogens (tertiary/aromatic N) is 2. The number of anilines is 1. The number of imidazole rings is 1. The van der Waals surface area contributed by atoms with Crippen LogP contribution in [0.1, 0.15) is 20.3 Å². The van der Waals surface area contributed by atoms with Crippen LogP contribution in [0.4, 0.5) is 5.95 Å². The minimum Gasteiger partial charge on any atom is -0.381 e. The first kappa shape index (κ1) is 14.2. The molecule has 4 nitrogen and oxygen atoms in total. The SMILES string of the molecule is CC(C)COCCCn1c(N)nc2cccc(Cl)c21. The summed E-state index contributed by atoms with van der Waals surface area (Å²) < 4.78 is 7.52. The molecule has 0 radical (unpaired) electrons. The van der Waals surface area contributed by atoms with Crippen LogP contribution in [0.15, 0.2) is 18.2 Å². The Bertz CT molecular complexity index is 551. The van der Waals surface area contributed by atoms with Gasteiger partial charge in [-0.25, -0.2) is 4.98 Å². The molecular weight excluding hydrogens is 262 g/mol. The summed E-state index contributed by atoms with van der Waals surface area (Å²) in [6.45, 7) is 6.56. The standard InChI is InChI=1S/C14H20ClN3O/c1-10(2)9-19-8-4-7-18-13-11(15)5-3-6-12(13)17-14(18)16/h3,5-6,10H,4,7-9H2,1-2H3,(H2,16,17). The summed E-state index contributed by atoms with van der Waals surface area (Å²) in [5.41, 5.74) is 7.69. The van der Waals surface area contributed by atoms with E-state index in [1.807, 2.05) is 22.8 Å². The van der Waals surface area contributed by atoms with Gasteiger partial charge in [-0.2, -0.15) is 0 Å². The maximum atomic E-state index is 6.21. The number of aryl methyl sites for hydroxylation is 1. The van der Waals surface area contributed by atoms with Crippen LogP contribution in [0.2, 0.25) is 5.02 Å². The van der Waals surface area contributed by atoms with Gasteiger partial charge in [0.2, 0.25) is 5.95 Å². The van der Waals surface area contributed by atoms with Gasteiger partial charge in [-0.1, -0.05) is 31.5 Å². The Balaban J connectivity index is 2.02. The van der Waals surface area contributed by atoms with Crippen molar-refractivity contribution in [2.75, 3.05) is 18.9 Å². The molecule has 0 saturated heterocycles. The molecule has 2 N–H and O–H groups in total. The Kier molecular flexibility index (Phi) is 4.66. The largest absolute Gasteiger partial charge is 0.381 e. The molecular formula is C14H20ClN3O. The van der Waals surface area contributed by atoms with Crippen LogP contribution in [-0.2, 0) is 11.3 Å². The molecule has 1 heterocycles. The predicted molar refractivity (Wildman–Crippen MR) is 79.4 cm³/mol. The van der Waals surface area contributed by atoms with Crippen molar-refractivity contribution >= 4 is 28.6 Å². The maximum absolute atomic E-state index is 6.21. The van der Waals surface area contributed by atoms with Crippen LogP contribution in [0.3, 0.4) is 0 Å². The van der Waals surface area contributed by atoms with Gasteiger partial charge in [-0.3, -0.25) is 0 Å². The molecule has 5 heteroatoms. The molecule has 104 valence electrons. The molecule has 0 aliphatic carbocycles. The Hall–Kier alpha value is -1.26. The summed E-state index contributed by atoms with van der Waals surface area (Å²) in [7, 11) is 0. The van der Waals surface area contributed by atoms with Crippen molar-refractivity contribution in [1.29, 1.82) is 0 Å². The number of aromatic nitrogens is 2. The second-order valence-electron chi connectivity index (χ2n) is 5.05. The molecule has 0 amide bonds. The van der Waals surface area contributed by atoms with Gasteiger partial charge in [-0.05, 0) is 24.5 Å². The Labute approximate surface area is 118 Å². The van der Waals surface area contributed by atoms with Crippen molar-refractivity contribution in [3.63, 3.8) is 0 Å². The van der Waals surface area contributed by atoms with E-state index in [4.69, 9.17) is 22.1 Å². The molecule has 0 aliphatic heterocycles. The highest BCUT2D eigenvalue weighted by Gasteiger charge is 2.10. The van der Waals surface area contributed by atoms with Gasteiger partial charge in [0.1, 0.15) is 0 Å². The zero-order chi connectivity index (χ0) is 13.8. The van der Waals surface area contributed by atoms with E-state index in [1.54, 1.807) is 0 Å². The zero-order valence-electron chi connectivity index (χ0n) is 11.4. The number of halogens is 1. The van der Waals surface area contributed by atoms with Crippen LogP contribution in [-0.4, -0.2) is 22.8 Å². The van der Waals surface area contributed by atoms with E-state index in [1.165, 1.54) is 0 Å². The second-order valence-corrected chi connectivity index (χ2v) is 5.46. The minimum absolute atomic E-state index is 0.506. The summed E-state index contributed by atoms with van der Waals surface area (Å²) >= 11 is 6.21. The van der Waals surface area contributed by atoms with E-state index in [2.05, 4.69) is 18.8 Å². The Morgan fingerprint density at radius 1 is 1.42 bits per heavy atom. The highest BCUT2D eigenvalue weighted by Crippen LogP contribution is 2.25. The lowest BCUT2D eigenvalue weighted by Gasteiger charge is -2.09. The van der Waals surface area contributed by atoms with Crippen LogP contribution in [0.25, 0.3) is 11.0 Å². The third-order valence-electron chi connectivity index (χ3n) is 2.87. The number of nitrogen functional groups attached to an aromatic ring is 1. The normalized spacial score (nSPS) is 11.6. The maximum Gasteiger partial charge on any atom is 0.201 e. The van der Waals surface area contributed by atoms with Gasteiger partial charge in [-0.15, -0.1) is 0 Å². The van der Waals surface area contributed by atoms with Gasteiger partial charge >= 0.3 is 0 Å². The summed E-state index contributed by atoms with van der Waals surface area (Å²) in [6, 6.07) is 5.66. The molecule has 2 rings (SSSR count). The molecule has 1 aromatic heterocycles. The number of fused-ring (bicyclic) bond motifs is 1. The first-order valence-corrected chi connectivity index (χ1v) is 6.95. The minimum atomic E-state index is 0.506. The van der Waals surface area contributed by atoms with Crippen molar-refractivity contribution in [2.24, 2.45) is 5.92 Å². The molecule has 0 unspecified atom stereocenters. The fourth-order valence-corrected chi connectivity index (χ4v) is 2.30. The average Bonchev–Trinajstić information content (AvgIpc) is 2.66. The van der Waals surface area contributed by atoms with Crippen molar-refractivity contribution in [1.82, 2.24) is 9.55 Å². The van der Waals surface area contributed by atoms with Gasteiger partial charge in [0, 0.05) is 19.8 Å². The summed E-state index contributed by atoms with van der Waals surface area (Å²) in [5, 5.41) is 0.685. The number of ether oxygens (including phenoxy) is 1. The van der Waals surface area contributed by atoms with E-state index in [9.17, 15) is 0 Å². The lowest BCUT2D eigenvalue weighted by Crippen LogP contribution is -2.08. The van der Waals surface area contributed by atoms with E-state index in [0.717, 1.165) is 37.2 Å².